The Morgan fingerprint density at radius 2 is 1.76 bits per heavy atom. The van der Waals surface area contributed by atoms with Gasteiger partial charge in [-0.2, -0.15) is 0 Å². The van der Waals surface area contributed by atoms with Gasteiger partial charge in [0.25, 0.3) is 5.56 Å². The summed E-state index contributed by atoms with van der Waals surface area (Å²) in [6.07, 6.45) is 2.82. The van der Waals surface area contributed by atoms with Gasteiger partial charge in [0.05, 0.1) is 29.9 Å². The van der Waals surface area contributed by atoms with Crippen molar-refractivity contribution in [1.29, 1.82) is 0 Å². The van der Waals surface area contributed by atoms with Gasteiger partial charge in [0.1, 0.15) is 11.2 Å². The maximum Gasteiger partial charge on any atom is 0.337 e. The molecule has 1 amide bonds. The molecule has 8 nitrogen and oxygen atoms in total. The summed E-state index contributed by atoms with van der Waals surface area (Å²) in [4.78, 5) is 49.2. The number of para-hydroxylation sites is 1. The van der Waals surface area contributed by atoms with Crippen molar-refractivity contribution in [1.82, 2.24) is 4.57 Å². The fourth-order valence-corrected chi connectivity index (χ4v) is 3.96. The minimum absolute atomic E-state index is 0.185. The highest BCUT2D eigenvalue weighted by molar-refractivity contribution is 7.07. The number of hydrogen-bond donors (Lipinski definition) is 1. The molecule has 0 aliphatic heterocycles. The lowest BCUT2D eigenvalue weighted by Gasteiger charge is -2.05. The van der Waals surface area contributed by atoms with Gasteiger partial charge in [0.2, 0.25) is 5.91 Å². The Morgan fingerprint density at radius 1 is 1.06 bits per heavy atom. The van der Waals surface area contributed by atoms with E-state index in [1.54, 1.807) is 61.5 Å². The molecule has 0 unspecified atom stereocenters. The van der Waals surface area contributed by atoms with Gasteiger partial charge >= 0.3 is 11.9 Å². The van der Waals surface area contributed by atoms with Crippen molar-refractivity contribution in [2.24, 2.45) is 0 Å². The summed E-state index contributed by atoms with van der Waals surface area (Å²) < 4.78 is 11.5. The van der Waals surface area contributed by atoms with Gasteiger partial charge < -0.3 is 14.8 Å². The van der Waals surface area contributed by atoms with Crippen LogP contribution in [-0.2, 0) is 25.6 Å². The molecule has 1 N–H and O–H groups in total. The number of ether oxygens (including phenoxy) is 2. The highest BCUT2D eigenvalue weighted by Gasteiger charge is 2.12. The first kappa shape index (κ1) is 23.7. The number of methoxy groups -OCH3 is 1. The standard InChI is InChI=1S/C24H22N2O6S/c1-3-32-22(28)14-21-26(15-20(27)25-18-7-5-4-6-8-18)23(29)19(33-21)13-16-9-11-17(12-10-16)24(30)31-2/h4-14H,3,15H2,1-2H3,(H,25,27)/b19-13+,21-14-. The SMILES string of the molecule is CCOC(=O)/C=c1\s/c(=C/c2ccc(C(=O)OC)cc2)c(=O)n1CC(=O)Nc1ccccc1. The van der Waals surface area contributed by atoms with Crippen LogP contribution < -0.4 is 20.1 Å². The molecule has 9 heteroatoms. The smallest absolute Gasteiger partial charge is 0.337 e. The first-order chi connectivity index (χ1) is 15.9. The van der Waals surface area contributed by atoms with Gasteiger partial charge in [-0.15, -0.1) is 11.3 Å². The zero-order valence-electron chi connectivity index (χ0n) is 18.1. The average Bonchev–Trinajstić information content (AvgIpc) is 3.08. The second-order valence-electron chi connectivity index (χ2n) is 6.76. The second-order valence-corrected chi connectivity index (χ2v) is 7.83. The first-order valence-corrected chi connectivity index (χ1v) is 10.9. The number of esters is 2. The van der Waals surface area contributed by atoms with E-state index in [-0.39, 0.29) is 13.2 Å². The van der Waals surface area contributed by atoms with E-state index in [0.29, 0.717) is 26.0 Å². The molecule has 3 aromatic rings. The van der Waals surface area contributed by atoms with E-state index in [2.05, 4.69) is 10.1 Å². The van der Waals surface area contributed by atoms with Crippen LogP contribution >= 0.6 is 11.3 Å². The molecule has 0 aliphatic rings. The lowest BCUT2D eigenvalue weighted by atomic mass is 10.1. The number of benzene rings is 2. The molecule has 0 radical (unpaired) electrons. The number of amides is 1. The van der Waals surface area contributed by atoms with E-state index in [1.807, 2.05) is 6.07 Å². The largest absolute Gasteiger partial charge is 0.465 e. The Bertz CT molecular complexity index is 1320. The van der Waals surface area contributed by atoms with Crippen molar-refractivity contribution in [3.05, 3.63) is 85.3 Å². The third-order valence-electron chi connectivity index (χ3n) is 4.45. The zero-order valence-corrected chi connectivity index (χ0v) is 18.9. The number of carbonyl (C=O) groups is 3. The molecular formula is C24H22N2O6S. The molecule has 0 saturated carbocycles. The molecule has 0 atom stereocenters. The molecule has 0 spiro atoms. The number of aromatic nitrogens is 1. The minimum Gasteiger partial charge on any atom is -0.465 e. The molecule has 33 heavy (non-hydrogen) atoms. The van der Waals surface area contributed by atoms with Crippen LogP contribution in [0.4, 0.5) is 5.69 Å². The van der Waals surface area contributed by atoms with Gasteiger partial charge in [0, 0.05) is 5.69 Å². The fraction of sp³-hybridized carbons (Fsp3) is 0.167. The molecule has 1 heterocycles. The third kappa shape index (κ3) is 6.27. The molecule has 2 aromatic carbocycles. The lowest BCUT2D eigenvalue weighted by molar-refractivity contribution is -0.135. The topological polar surface area (TPSA) is 104 Å². The Morgan fingerprint density at radius 3 is 2.39 bits per heavy atom. The predicted molar refractivity (Wildman–Crippen MR) is 125 cm³/mol. The van der Waals surface area contributed by atoms with E-state index in [9.17, 15) is 19.2 Å². The average molecular weight is 467 g/mol. The van der Waals surface area contributed by atoms with Crippen molar-refractivity contribution >= 4 is 47.0 Å². The number of thiazole rings is 1. The lowest BCUT2D eigenvalue weighted by Crippen LogP contribution is -2.36. The fourth-order valence-electron chi connectivity index (χ4n) is 2.93. The quantitative estimate of drug-likeness (QED) is 0.530. The van der Waals surface area contributed by atoms with Crippen molar-refractivity contribution in [2.45, 2.75) is 13.5 Å². The van der Waals surface area contributed by atoms with Crippen LogP contribution in [0.2, 0.25) is 0 Å². The van der Waals surface area contributed by atoms with Crippen molar-refractivity contribution < 1.29 is 23.9 Å². The molecule has 3 rings (SSSR count). The Kier molecular flexibility index (Phi) is 7.93. The number of anilines is 1. The van der Waals surface area contributed by atoms with E-state index in [1.165, 1.54) is 17.8 Å². The predicted octanol–water partition coefficient (Wildman–Crippen LogP) is 1.51. The Labute approximate surface area is 193 Å². The van der Waals surface area contributed by atoms with Gasteiger partial charge in [-0.1, -0.05) is 30.3 Å². The zero-order chi connectivity index (χ0) is 23.8. The summed E-state index contributed by atoms with van der Waals surface area (Å²) in [5, 5.41) is 2.73. The van der Waals surface area contributed by atoms with Crippen LogP contribution in [0.3, 0.4) is 0 Å². The maximum absolute atomic E-state index is 13.1. The highest BCUT2D eigenvalue weighted by Crippen LogP contribution is 2.07. The van der Waals surface area contributed by atoms with Gasteiger partial charge in [-0.05, 0) is 42.8 Å². The van der Waals surface area contributed by atoms with Crippen LogP contribution in [0.15, 0.2) is 59.4 Å². The van der Waals surface area contributed by atoms with E-state index in [0.717, 1.165) is 11.3 Å². The summed E-state index contributed by atoms with van der Waals surface area (Å²) in [5.41, 5.74) is 1.23. The van der Waals surface area contributed by atoms with Crippen molar-refractivity contribution in [3.63, 3.8) is 0 Å². The molecule has 0 fully saturated rings. The van der Waals surface area contributed by atoms with Crippen molar-refractivity contribution in [3.8, 4) is 0 Å². The molecule has 1 aromatic heterocycles. The summed E-state index contributed by atoms with van der Waals surface area (Å²) in [6, 6.07) is 15.4. The van der Waals surface area contributed by atoms with Gasteiger partial charge in [0.15, 0.2) is 0 Å². The van der Waals surface area contributed by atoms with Crippen LogP contribution in [0.1, 0.15) is 22.8 Å². The normalized spacial score (nSPS) is 11.8. The van der Waals surface area contributed by atoms with E-state index < -0.39 is 23.4 Å². The number of rotatable bonds is 7. The summed E-state index contributed by atoms with van der Waals surface area (Å²) in [6.45, 7) is 1.59. The molecule has 0 bridgehead atoms. The van der Waals surface area contributed by atoms with Crippen molar-refractivity contribution in [2.75, 3.05) is 19.0 Å². The number of nitrogens with zero attached hydrogens (tertiary/aromatic N) is 1. The minimum atomic E-state index is -0.607. The number of carbonyl (C=O) groups excluding carboxylic acids is 3. The molecule has 0 saturated heterocycles. The summed E-state index contributed by atoms with van der Waals surface area (Å²) in [5.74, 6) is -1.48. The van der Waals surface area contributed by atoms with Gasteiger partial charge in [-0.3, -0.25) is 14.2 Å². The molecule has 170 valence electrons. The van der Waals surface area contributed by atoms with Crippen LogP contribution in [-0.4, -0.2) is 36.1 Å². The summed E-state index contributed by atoms with van der Waals surface area (Å²) in [7, 11) is 1.30. The monoisotopic (exact) mass is 466 g/mol. The van der Waals surface area contributed by atoms with E-state index >= 15 is 0 Å². The van der Waals surface area contributed by atoms with Crippen LogP contribution in [0.5, 0.6) is 0 Å². The summed E-state index contributed by atoms with van der Waals surface area (Å²) >= 11 is 1.07. The maximum atomic E-state index is 13.1. The number of nitrogens with one attached hydrogen (secondary N) is 1. The Balaban J connectivity index is 1.98. The second kappa shape index (κ2) is 11.1. The molecule has 0 aliphatic carbocycles. The first-order valence-electron chi connectivity index (χ1n) is 10.0. The Hall–Kier alpha value is -3.98. The third-order valence-corrected chi connectivity index (χ3v) is 5.51. The van der Waals surface area contributed by atoms with Crippen LogP contribution in [0, 0.1) is 0 Å². The highest BCUT2D eigenvalue weighted by atomic mass is 32.1. The van der Waals surface area contributed by atoms with Gasteiger partial charge in [-0.25, -0.2) is 9.59 Å². The number of hydrogen-bond acceptors (Lipinski definition) is 7. The molecular weight excluding hydrogens is 444 g/mol. The van der Waals surface area contributed by atoms with Crippen LogP contribution in [0.25, 0.3) is 12.2 Å². The van der Waals surface area contributed by atoms with E-state index in [4.69, 9.17) is 4.74 Å².